The van der Waals surface area contributed by atoms with E-state index in [9.17, 15) is 5.11 Å². The van der Waals surface area contributed by atoms with E-state index >= 15 is 0 Å². The maximum Gasteiger partial charge on any atom is 0.179 e. The van der Waals surface area contributed by atoms with Crippen molar-refractivity contribution in [2.75, 3.05) is 0 Å². The third kappa shape index (κ3) is 1.04. The molecule has 1 atom stereocenters. The molecular weight excluding hydrogens is 140 g/mol. The van der Waals surface area contributed by atoms with E-state index in [-0.39, 0.29) is 11.9 Å². The van der Waals surface area contributed by atoms with Gasteiger partial charge in [0, 0.05) is 12.0 Å². The van der Waals surface area contributed by atoms with Crippen LogP contribution in [0.2, 0.25) is 0 Å². The van der Waals surface area contributed by atoms with Gasteiger partial charge in [-0.2, -0.15) is 0 Å². The smallest absolute Gasteiger partial charge is 0.179 e. The molecule has 1 aromatic rings. The fourth-order valence-electron chi connectivity index (χ4n) is 1.40. The monoisotopic (exact) mass is 149 g/mol. The van der Waals surface area contributed by atoms with Crippen molar-refractivity contribution in [3.05, 3.63) is 23.8 Å². The largest absolute Gasteiger partial charge is 0.490 e. The number of ether oxygens (including phenoxy) is 1. The van der Waals surface area contributed by atoms with Crippen molar-refractivity contribution >= 4 is 0 Å². The second-order valence-electron chi connectivity index (χ2n) is 2.90. The first-order chi connectivity index (χ1) is 5.25. The Morgan fingerprint density at radius 3 is 3.18 bits per heavy atom. The molecule has 2 nitrogen and oxygen atoms in total. The highest BCUT2D eigenvalue weighted by Crippen LogP contribution is 2.31. The summed E-state index contributed by atoms with van der Waals surface area (Å²) in [4.78, 5) is 0. The first-order valence-electron chi connectivity index (χ1n) is 3.72. The molecule has 0 spiro atoms. The highest BCUT2D eigenvalue weighted by molar-refractivity contribution is 5.42. The Hall–Kier alpha value is -1.18. The molecule has 0 bridgehead atoms. The summed E-state index contributed by atoms with van der Waals surface area (Å²) in [5.41, 5.74) is 1.05. The lowest BCUT2D eigenvalue weighted by molar-refractivity contribution is 0.254. The molecule has 2 rings (SSSR count). The Labute approximate surface area is 65.4 Å². The van der Waals surface area contributed by atoms with Crippen LogP contribution in [0.15, 0.2) is 18.2 Å². The van der Waals surface area contributed by atoms with E-state index in [2.05, 4.69) is 0 Å². The summed E-state index contributed by atoms with van der Waals surface area (Å²) in [5.74, 6) is 0.943. The van der Waals surface area contributed by atoms with Gasteiger partial charge >= 0.3 is 0 Å². The summed E-state index contributed by atoms with van der Waals surface area (Å²) in [7, 11) is 0. The number of rotatable bonds is 0. The van der Waals surface area contributed by atoms with Crippen molar-refractivity contribution in [2.24, 2.45) is 0 Å². The predicted molar refractivity (Wildman–Crippen MR) is 40.4 cm³/mol. The maximum absolute atomic E-state index is 10.9. The van der Waals surface area contributed by atoms with E-state index in [1.54, 1.807) is 12.1 Å². The summed E-state index contributed by atoms with van der Waals surface area (Å²) < 4.78 is 5.42. The number of fused-ring (bicyclic) bond motifs is 1. The standard InChI is InChI=1S/C9H9O2/c1-6-4-7-5-8(10)2-3-9(7)11-6/h2-3,5-6H,4H2,1H3. The molecule has 1 unspecified atom stereocenters. The van der Waals surface area contributed by atoms with Gasteiger partial charge in [0.05, 0.1) is 0 Å². The third-order valence-electron chi connectivity index (χ3n) is 1.87. The zero-order valence-electron chi connectivity index (χ0n) is 6.33. The molecule has 0 aliphatic carbocycles. The van der Waals surface area contributed by atoms with E-state index in [0.29, 0.717) is 0 Å². The van der Waals surface area contributed by atoms with Gasteiger partial charge in [-0.1, -0.05) is 0 Å². The fourth-order valence-corrected chi connectivity index (χ4v) is 1.40. The van der Waals surface area contributed by atoms with Gasteiger partial charge in [0.15, 0.2) is 5.75 Å². The lowest BCUT2D eigenvalue weighted by Gasteiger charge is -2.00. The van der Waals surface area contributed by atoms with Gasteiger partial charge in [0.1, 0.15) is 11.9 Å². The molecule has 0 N–H and O–H groups in total. The molecule has 0 fully saturated rings. The van der Waals surface area contributed by atoms with Crippen molar-refractivity contribution in [3.63, 3.8) is 0 Å². The minimum absolute atomic E-state index is 0.0708. The van der Waals surface area contributed by atoms with Gasteiger partial charge in [-0.25, -0.2) is 0 Å². The van der Waals surface area contributed by atoms with Crippen LogP contribution in [0.5, 0.6) is 11.5 Å². The van der Waals surface area contributed by atoms with Crippen LogP contribution in [0.3, 0.4) is 0 Å². The van der Waals surface area contributed by atoms with Gasteiger partial charge in [0.2, 0.25) is 0 Å². The minimum Gasteiger partial charge on any atom is -0.490 e. The summed E-state index contributed by atoms with van der Waals surface area (Å²) in [6.45, 7) is 2.00. The number of benzene rings is 1. The molecule has 0 amide bonds. The topological polar surface area (TPSA) is 29.1 Å². The van der Waals surface area contributed by atoms with Gasteiger partial charge in [-0.3, -0.25) is 5.11 Å². The maximum atomic E-state index is 10.9. The second kappa shape index (κ2) is 2.16. The summed E-state index contributed by atoms with van der Waals surface area (Å²) in [6.07, 6.45) is 1.09. The Morgan fingerprint density at radius 2 is 2.36 bits per heavy atom. The van der Waals surface area contributed by atoms with Crippen molar-refractivity contribution < 1.29 is 9.84 Å². The molecule has 57 valence electrons. The molecule has 1 heterocycles. The molecule has 11 heavy (non-hydrogen) atoms. The van der Waals surface area contributed by atoms with E-state index < -0.39 is 0 Å². The second-order valence-corrected chi connectivity index (χ2v) is 2.90. The zero-order valence-corrected chi connectivity index (χ0v) is 6.33. The van der Waals surface area contributed by atoms with Crippen LogP contribution in [-0.2, 0) is 11.5 Å². The molecule has 0 saturated carbocycles. The summed E-state index contributed by atoms with van der Waals surface area (Å²) in [5, 5.41) is 10.9. The van der Waals surface area contributed by atoms with E-state index in [1.165, 1.54) is 6.07 Å². The normalized spacial score (nSPS) is 21.0. The number of hydrogen-bond donors (Lipinski definition) is 0. The van der Waals surface area contributed by atoms with E-state index in [1.807, 2.05) is 6.92 Å². The predicted octanol–water partition coefficient (Wildman–Crippen LogP) is 2.15. The number of hydrogen-bond acceptors (Lipinski definition) is 1. The first kappa shape index (κ1) is 6.53. The third-order valence-corrected chi connectivity index (χ3v) is 1.87. The van der Waals surface area contributed by atoms with Crippen LogP contribution in [-0.4, -0.2) is 6.10 Å². The highest BCUT2D eigenvalue weighted by atomic mass is 16.5. The van der Waals surface area contributed by atoms with Crippen LogP contribution >= 0.6 is 0 Å². The minimum atomic E-state index is 0.0708. The van der Waals surface area contributed by atoms with Crippen LogP contribution in [0.4, 0.5) is 0 Å². The SMILES string of the molecule is CC1Cc2cc([O])ccc2O1. The molecule has 1 aliphatic rings. The Kier molecular flexibility index (Phi) is 1.28. The van der Waals surface area contributed by atoms with Gasteiger partial charge in [0.25, 0.3) is 0 Å². The van der Waals surface area contributed by atoms with Crippen LogP contribution in [0, 0.1) is 0 Å². The molecular formula is C9H9O2. The van der Waals surface area contributed by atoms with E-state index in [4.69, 9.17) is 4.74 Å². The van der Waals surface area contributed by atoms with Crippen LogP contribution < -0.4 is 4.74 Å². The molecule has 1 aromatic carbocycles. The quantitative estimate of drug-likeness (QED) is 0.555. The van der Waals surface area contributed by atoms with Crippen LogP contribution in [0.1, 0.15) is 12.5 Å². The fraction of sp³-hybridized carbons (Fsp3) is 0.333. The van der Waals surface area contributed by atoms with Crippen molar-refractivity contribution in [1.82, 2.24) is 0 Å². The van der Waals surface area contributed by atoms with Crippen molar-refractivity contribution in [3.8, 4) is 11.5 Å². The van der Waals surface area contributed by atoms with Gasteiger partial charge in [-0.05, 0) is 25.1 Å². The molecule has 2 heteroatoms. The summed E-state index contributed by atoms with van der Waals surface area (Å²) >= 11 is 0. The first-order valence-corrected chi connectivity index (χ1v) is 3.72. The Morgan fingerprint density at radius 1 is 1.55 bits per heavy atom. The van der Waals surface area contributed by atoms with Gasteiger partial charge in [-0.15, -0.1) is 0 Å². The lowest BCUT2D eigenvalue weighted by atomic mass is 10.1. The van der Waals surface area contributed by atoms with Crippen LogP contribution in [0.25, 0.3) is 0 Å². The Bertz CT molecular complexity index is 281. The van der Waals surface area contributed by atoms with Crippen molar-refractivity contribution in [1.29, 1.82) is 0 Å². The van der Waals surface area contributed by atoms with Gasteiger partial charge < -0.3 is 4.74 Å². The average Bonchev–Trinajstić information content (AvgIpc) is 2.27. The highest BCUT2D eigenvalue weighted by Gasteiger charge is 2.18. The molecule has 0 aromatic heterocycles. The summed E-state index contributed by atoms with van der Waals surface area (Å²) in [6, 6.07) is 4.94. The van der Waals surface area contributed by atoms with E-state index in [0.717, 1.165) is 17.7 Å². The lowest BCUT2D eigenvalue weighted by Crippen LogP contribution is -2.05. The molecule has 0 saturated heterocycles. The van der Waals surface area contributed by atoms with Crippen molar-refractivity contribution in [2.45, 2.75) is 19.4 Å². The average molecular weight is 149 g/mol. The molecule has 1 radical (unpaired) electrons. The molecule has 1 aliphatic heterocycles. The Balaban J connectivity index is 2.43. The zero-order chi connectivity index (χ0) is 7.84.